The second-order valence-electron chi connectivity index (χ2n) is 8.53. The van der Waals surface area contributed by atoms with Crippen LogP contribution in [0.5, 0.6) is 0 Å². The minimum Gasteiger partial charge on any atom is -0.469 e. The van der Waals surface area contributed by atoms with Crippen LogP contribution in [-0.2, 0) is 11.2 Å². The smallest absolute Gasteiger partial charge is 0.270 e. The van der Waals surface area contributed by atoms with Gasteiger partial charge in [-0.05, 0) is 62.1 Å². The lowest BCUT2D eigenvalue weighted by molar-refractivity contribution is -0.127. The minimum absolute atomic E-state index is 0.00468. The van der Waals surface area contributed by atoms with Crippen LogP contribution in [0, 0.1) is 11.8 Å². The van der Waals surface area contributed by atoms with Gasteiger partial charge in [0.2, 0.25) is 5.91 Å². The maximum Gasteiger partial charge on any atom is 0.270 e. The Hall–Kier alpha value is -2.73. The first-order chi connectivity index (χ1) is 14.9. The van der Waals surface area contributed by atoms with Gasteiger partial charge in [-0.2, -0.15) is 0 Å². The van der Waals surface area contributed by atoms with Crippen LogP contribution in [0.4, 0.5) is 0 Å². The van der Waals surface area contributed by atoms with Crippen molar-refractivity contribution in [1.29, 1.82) is 0 Å². The number of benzene rings is 1. The van der Waals surface area contributed by atoms with E-state index in [0.717, 1.165) is 29.5 Å². The number of likely N-dealkylation sites (tertiary alicyclic amines) is 1. The molecule has 7 heteroatoms. The van der Waals surface area contributed by atoms with Gasteiger partial charge in [-0.25, -0.2) is 0 Å². The Morgan fingerprint density at radius 2 is 2.00 bits per heavy atom. The molecule has 31 heavy (non-hydrogen) atoms. The molecule has 3 aromatic rings. The molecule has 1 aliphatic heterocycles. The van der Waals surface area contributed by atoms with E-state index >= 15 is 0 Å². The number of amides is 2. The van der Waals surface area contributed by atoms with Gasteiger partial charge in [0.05, 0.1) is 6.26 Å². The van der Waals surface area contributed by atoms with Gasteiger partial charge in [0.25, 0.3) is 5.91 Å². The molecule has 1 aliphatic rings. The van der Waals surface area contributed by atoms with Crippen LogP contribution >= 0.6 is 11.6 Å². The third kappa shape index (κ3) is 4.96. The molecule has 1 fully saturated rings. The molecule has 0 unspecified atom stereocenters. The fourth-order valence-electron chi connectivity index (χ4n) is 4.36. The number of aromatic nitrogens is 1. The van der Waals surface area contributed by atoms with Crippen molar-refractivity contribution < 1.29 is 14.0 Å². The number of carbonyl (C=O) groups is 2. The number of nitrogens with one attached hydrogen (secondary N) is 2. The van der Waals surface area contributed by atoms with E-state index in [1.807, 2.05) is 55.1 Å². The molecule has 2 N–H and O–H groups in total. The van der Waals surface area contributed by atoms with Gasteiger partial charge in [0, 0.05) is 47.4 Å². The van der Waals surface area contributed by atoms with Crippen molar-refractivity contribution in [3.8, 4) is 0 Å². The number of rotatable bonds is 6. The summed E-state index contributed by atoms with van der Waals surface area (Å²) in [7, 11) is 0. The summed E-state index contributed by atoms with van der Waals surface area (Å²) < 4.78 is 5.36. The second-order valence-corrected chi connectivity index (χ2v) is 8.96. The standard InChI is InChI=1S/C24H28ClN3O3/c1-15(12-20-4-3-11-31-20)26-23(29)16(2)17-7-9-28(10-8-17)24(30)22-14-18-13-19(25)5-6-21(18)27-22/h3-6,11,13-17,27H,7-10,12H2,1-2H3,(H,26,29)/t15-,16-/m0/s1. The first kappa shape index (κ1) is 21.5. The van der Waals surface area contributed by atoms with E-state index in [-0.39, 0.29) is 29.7 Å². The zero-order chi connectivity index (χ0) is 22.0. The van der Waals surface area contributed by atoms with Crippen LogP contribution in [0.1, 0.15) is 42.9 Å². The molecule has 1 aromatic carbocycles. The van der Waals surface area contributed by atoms with Crippen LogP contribution < -0.4 is 5.32 Å². The van der Waals surface area contributed by atoms with Crippen molar-refractivity contribution in [2.75, 3.05) is 13.1 Å². The molecule has 1 saturated heterocycles. The van der Waals surface area contributed by atoms with Gasteiger partial charge >= 0.3 is 0 Å². The average Bonchev–Trinajstić information content (AvgIpc) is 3.42. The summed E-state index contributed by atoms with van der Waals surface area (Å²) in [6, 6.07) is 11.2. The highest BCUT2D eigenvalue weighted by Crippen LogP contribution is 2.27. The number of furan rings is 1. The van der Waals surface area contributed by atoms with Crippen molar-refractivity contribution in [2.24, 2.45) is 11.8 Å². The topological polar surface area (TPSA) is 78.3 Å². The van der Waals surface area contributed by atoms with Crippen LogP contribution in [0.25, 0.3) is 10.9 Å². The van der Waals surface area contributed by atoms with Crippen molar-refractivity contribution in [1.82, 2.24) is 15.2 Å². The lowest BCUT2D eigenvalue weighted by Crippen LogP contribution is -2.44. The molecule has 2 atom stereocenters. The lowest BCUT2D eigenvalue weighted by Gasteiger charge is -2.34. The van der Waals surface area contributed by atoms with E-state index in [1.165, 1.54) is 0 Å². The molecular formula is C24H28ClN3O3. The summed E-state index contributed by atoms with van der Waals surface area (Å²) in [5, 5.41) is 4.68. The molecule has 0 bridgehead atoms. The SMILES string of the molecule is C[C@H](C(=O)N[C@@H](C)Cc1ccco1)C1CCN(C(=O)c2cc3cc(Cl)ccc3[nH]2)CC1. The Labute approximate surface area is 186 Å². The summed E-state index contributed by atoms with van der Waals surface area (Å²) >= 11 is 6.05. The zero-order valence-electron chi connectivity index (χ0n) is 17.9. The Morgan fingerprint density at radius 3 is 2.71 bits per heavy atom. The Kier molecular flexibility index (Phi) is 6.37. The third-order valence-corrected chi connectivity index (χ3v) is 6.47. The minimum atomic E-state index is -0.0912. The van der Waals surface area contributed by atoms with Gasteiger partial charge in [-0.1, -0.05) is 18.5 Å². The number of nitrogens with zero attached hydrogens (tertiary/aromatic N) is 1. The number of carbonyl (C=O) groups excluding carboxylic acids is 2. The monoisotopic (exact) mass is 441 g/mol. The highest BCUT2D eigenvalue weighted by atomic mass is 35.5. The molecule has 0 aliphatic carbocycles. The zero-order valence-corrected chi connectivity index (χ0v) is 18.6. The first-order valence-corrected chi connectivity index (χ1v) is 11.2. The van der Waals surface area contributed by atoms with Crippen LogP contribution in [0.3, 0.4) is 0 Å². The van der Waals surface area contributed by atoms with Gasteiger partial charge in [0.15, 0.2) is 0 Å². The van der Waals surface area contributed by atoms with Gasteiger partial charge in [0.1, 0.15) is 11.5 Å². The van der Waals surface area contributed by atoms with Crippen LogP contribution in [0.2, 0.25) is 5.02 Å². The van der Waals surface area contributed by atoms with Gasteiger partial charge < -0.3 is 19.6 Å². The summed E-state index contributed by atoms with van der Waals surface area (Å²) in [6.45, 7) is 5.28. The quantitative estimate of drug-likeness (QED) is 0.584. The molecule has 0 spiro atoms. The van der Waals surface area contributed by atoms with E-state index in [0.29, 0.717) is 30.2 Å². The summed E-state index contributed by atoms with van der Waals surface area (Å²) in [5.41, 5.74) is 1.48. The predicted octanol–water partition coefficient (Wildman–Crippen LogP) is 4.65. The van der Waals surface area contributed by atoms with Crippen molar-refractivity contribution >= 4 is 34.3 Å². The second kappa shape index (κ2) is 9.18. The van der Waals surface area contributed by atoms with Crippen molar-refractivity contribution in [3.63, 3.8) is 0 Å². The molecule has 0 radical (unpaired) electrons. The summed E-state index contributed by atoms with van der Waals surface area (Å²) in [4.78, 5) is 30.7. The largest absolute Gasteiger partial charge is 0.469 e. The number of hydrogen-bond donors (Lipinski definition) is 2. The maximum atomic E-state index is 12.9. The van der Waals surface area contributed by atoms with Gasteiger partial charge in [-0.15, -0.1) is 0 Å². The third-order valence-electron chi connectivity index (χ3n) is 6.24. The van der Waals surface area contributed by atoms with E-state index in [4.69, 9.17) is 16.0 Å². The number of fused-ring (bicyclic) bond motifs is 1. The fraction of sp³-hybridized carbons (Fsp3) is 0.417. The number of hydrogen-bond acceptors (Lipinski definition) is 3. The Bertz CT molecular complexity index is 1050. The van der Waals surface area contributed by atoms with E-state index in [9.17, 15) is 9.59 Å². The first-order valence-electron chi connectivity index (χ1n) is 10.8. The number of piperidine rings is 1. The van der Waals surface area contributed by atoms with E-state index in [2.05, 4.69) is 10.3 Å². The van der Waals surface area contributed by atoms with Crippen LogP contribution in [0.15, 0.2) is 47.1 Å². The number of halogens is 1. The summed E-state index contributed by atoms with van der Waals surface area (Å²) in [6.07, 6.45) is 3.96. The molecular weight excluding hydrogens is 414 g/mol. The van der Waals surface area contributed by atoms with E-state index in [1.54, 1.807) is 6.26 Å². The molecule has 6 nitrogen and oxygen atoms in total. The highest BCUT2D eigenvalue weighted by molar-refractivity contribution is 6.31. The molecule has 3 heterocycles. The Balaban J connectivity index is 1.29. The predicted molar refractivity (Wildman–Crippen MR) is 121 cm³/mol. The van der Waals surface area contributed by atoms with Crippen LogP contribution in [-0.4, -0.2) is 40.8 Å². The maximum absolute atomic E-state index is 12.9. The highest BCUT2D eigenvalue weighted by Gasteiger charge is 2.31. The number of H-pyrrole nitrogens is 1. The molecule has 164 valence electrons. The van der Waals surface area contributed by atoms with E-state index < -0.39 is 0 Å². The fourth-order valence-corrected chi connectivity index (χ4v) is 4.54. The molecule has 2 amide bonds. The lowest BCUT2D eigenvalue weighted by atomic mass is 9.84. The van der Waals surface area contributed by atoms with Gasteiger partial charge in [-0.3, -0.25) is 9.59 Å². The molecule has 2 aromatic heterocycles. The summed E-state index contributed by atoms with van der Waals surface area (Å²) in [5.74, 6) is 1.10. The molecule has 4 rings (SSSR count). The molecule has 0 saturated carbocycles. The average molecular weight is 442 g/mol. The normalized spacial score (nSPS) is 16.9. The van der Waals surface area contributed by atoms with Crippen molar-refractivity contribution in [2.45, 2.75) is 39.2 Å². The Morgan fingerprint density at radius 1 is 1.23 bits per heavy atom. The van der Waals surface area contributed by atoms with Crippen molar-refractivity contribution in [3.05, 3.63) is 59.1 Å². The number of aromatic amines is 1.